The van der Waals surface area contributed by atoms with E-state index in [1.807, 2.05) is 25.1 Å². The molecule has 0 atom stereocenters. The van der Waals surface area contributed by atoms with Crippen molar-refractivity contribution >= 4 is 5.91 Å². The van der Waals surface area contributed by atoms with Gasteiger partial charge in [-0.15, -0.1) is 0 Å². The third-order valence-electron chi connectivity index (χ3n) is 2.26. The summed E-state index contributed by atoms with van der Waals surface area (Å²) in [6, 6.07) is 7.39. The first-order valence-corrected chi connectivity index (χ1v) is 5.29. The molecular formula is C12H13N3O2. The fraction of sp³-hybridized carbons (Fsp3) is 0.250. The normalized spacial score (nSPS) is 10.2. The molecule has 2 aromatic rings. The summed E-state index contributed by atoms with van der Waals surface area (Å²) < 4.78 is 4.81. The molecule has 0 radical (unpaired) electrons. The second-order valence-corrected chi connectivity index (χ2v) is 3.78. The van der Waals surface area contributed by atoms with Crippen LogP contribution in [0.4, 0.5) is 0 Å². The van der Waals surface area contributed by atoms with Gasteiger partial charge in [0.05, 0.1) is 6.54 Å². The van der Waals surface area contributed by atoms with Gasteiger partial charge in [0.2, 0.25) is 5.89 Å². The first-order valence-electron chi connectivity index (χ1n) is 5.29. The third-order valence-corrected chi connectivity index (χ3v) is 2.26. The van der Waals surface area contributed by atoms with E-state index >= 15 is 0 Å². The highest BCUT2D eigenvalue weighted by atomic mass is 16.5. The number of nitrogens with zero attached hydrogens (tertiary/aromatic N) is 2. The monoisotopic (exact) mass is 231 g/mol. The second kappa shape index (κ2) is 4.78. The summed E-state index contributed by atoms with van der Waals surface area (Å²) >= 11 is 0. The number of amides is 1. The minimum Gasteiger partial charge on any atom is -0.345 e. The van der Waals surface area contributed by atoms with E-state index in [2.05, 4.69) is 15.5 Å². The van der Waals surface area contributed by atoms with Crippen LogP contribution in [0.3, 0.4) is 0 Å². The number of hydrogen-bond donors (Lipinski definition) is 1. The third kappa shape index (κ3) is 2.90. The molecule has 1 N–H and O–H groups in total. The maximum absolute atomic E-state index is 11.8. The maximum Gasteiger partial charge on any atom is 0.251 e. The summed E-state index contributed by atoms with van der Waals surface area (Å²) in [7, 11) is 0. The van der Waals surface area contributed by atoms with Gasteiger partial charge in [0, 0.05) is 12.5 Å². The van der Waals surface area contributed by atoms with Gasteiger partial charge in [-0.1, -0.05) is 22.9 Å². The van der Waals surface area contributed by atoms with Crippen LogP contribution in [0.1, 0.15) is 27.6 Å². The second-order valence-electron chi connectivity index (χ2n) is 3.78. The molecule has 2 rings (SSSR count). The van der Waals surface area contributed by atoms with Crippen LogP contribution in [0.15, 0.2) is 28.8 Å². The fourth-order valence-electron chi connectivity index (χ4n) is 1.46. The Morgan fingerprint density at radius 1 is 1.41 bits per heavy atom. The summed E-state index contributed by atoms with van der Waals surface area (Å²) in [5.41, 5.74) is 1.68. The molecular weight excluding hydrogens is 218 g/mol. The molecule has 0 spiro atoms. The highest BCUT2D eigenvalue weighted by molar-refractivity contribution is 5.94. The number of carbonyl (C=O) groups excluding carboxylic acids is 1. The molecule has 5 heteroatoms. The Hall–Kier alpha value is -2.17. The first kappa shape index (κ1) is 11.3. The summed E-state index contributed by atoms with van der Waals surface area (Å²) in [6.45, 7) is 3.92. The topological polar surface area (TPSA) is 68.0 Å². The molecule has 0 aliphatic carbocycles. The Balaban J connectivity index is 1.98. The van der Waals surface area contributed by atoms with Gasteiger partial charge in [0.25, 0.3) is 5.91 Å². The Labute approximate surface area is 98.8 Å². The van der Waals surface area contributed by atoms with E-state index < -0.39 is 0 Å². The first-order chi connectivity index (χ1) is 8.15. The van der Waals surface area contributed by atoms with Gasteiger partial charge in [-0.3, -0.25) is 4.79 Å². The molecule has 0 aliphatic rings. The molecule has 1 aromatic heterocycles. The predicted molar refractivity (Wildman–Crippen MR) is 61.4 cm³/mol. The SMILES string of the molecule is Cc1cccc(C(=O)NCc2noc(C)n2)c1. The van der Waals surface area contributed by atoms with Crippen molar-refractivity contribution in [3.63, 3.8) is 0 Å². The van der Waals surface area contributed by atoms with E-state index in [0.717, 1.165) is 5.56 Å². The van der Waals surface area contributed by atoms with Crippen LogP contribution in [0, 0.1) is 13.8 Å². The molecule has 1 amide bonds. The zero-order valence-corrected chi connectivity index (χ0v) is 9.73. The largest absolute Gasteiger partial charge is 0.345 e. The minimum atomic E-state index is -0.142. The van der Waals surface area contributed by atoms with Crippen molar-refractivity contribution in [3.8, 4) is 0 Å². The van der Waals surface area contributed by atoms with Crippen molar-refractivity contribution in [2.75, 3.05) is 0 Å². The molecule has 0 unspecified atom stereocenters. The zero-order chi connectivity index (χ0) is 12.3. The smallest absolute Gasteiger partial charge is 0.251 e. The molecule has 0 bridgehead atoms. The van der Waals surface area contributed by atoms with E-state index in [1.165, 1.54) is 0 Å². The summed E-state index contributed by atoms with van der Waals surface area (Å²) in [5.74, 6) is 0.824. The van der Waals surface area contributed by atoms with Crippen molar-refractivity contribution in [2.45, 2.75) is 20.4 Å². The summed E-state index contributed by atoms with van der Waals surface area (Å²) in [6.07, 6.45) is 0. The van der Waals surface area contributed by atoms with Gasteiger partial charge in [0.15, 0.2) is 5.82 Å². The van der Waals surface area contributed by atoms with Crippen molar-refractivity contribution < 1.29 is 9.32 Å². The van der Waals surface area contributed by atoms with Crippen molar-refractivity contribution in [3.05, 3.63) is 47.1 Å². The van der Waals surface area contributed by atoms with E-state index in [4.69, 9.17) is 4.52 Å². The number of aromatic nitrogens is 2. The lowest BCUT2D eigenvalue weighted by molar-refractivity contribution is 0.0949. The predicted octanol–water partition coefficient (Wildman–Crippen LogP) is 1.62. The molecule has 0 aliphatic heterocycles. The molecule has 17 heavy (non-hydrogen) atoms. The standard InChI is InChI=1S/C12H13N3O2/c1-8-4-3-5-10(6-8)12(16)13-7-11-14-9(2)17-15-11/h3-6H,7H2,1-2H3,(H,13,16). The lowest BCUT2D eigenvalue weighted by Crippen LogP contribution is -2.23. The van der Waals surface area contributed by atoms with Gasteiger partial charge < -0.3 is 9.84 Å². The van der Waals surface area contributed by atoms with Gasteiger partial charge in [0.1, 0.15) is 0 Å². The summed E-state index contributed by atoms with van der Waals surface area (Å²) in [4.78, 5) is 15.8. The molecule has 1 aromatic carbocycles. The molecule has 0 saturated heterocycles. The molecule has 1 heterocycles. The number of carbonyl (C=O) groups is 1. The van der Waals surface area contributed by atoms with Gasteiger partial charge in [-0.2, -0.15) is 4.98 Å². The van der Waals surface area contributed by atoms with Crippen LogP contribution in [0.25, 0.3) is 0 Å². The minimum absolute atomic E-state index is 0.142. The van der Waals surface area contributed by atoms with Crippen molar-refractivity contribution in [1.29, 1.82) is 0 Å². The van der Waals surface area contributed by atoms with Crippen LogP contribution < -0.4 is 5.32 Å². The zero-order valence-electron chi connectivity index (χ0n) is 9.73. The number of hydrogen-bond acceptors (Lipinski definition) is 4. The average Bonchev–Trinajstić information content (AvgIpc) is 2.72. The van der Waals surface area contributed by atoms with Crippen LogP contribution in [0.2, 0.25) is 0 Å². The Morgan fingerprint density at radius 3 is 2.88 bits per heavy atom. The Morgan fingerprint density at radius 2 is 2.24 bits per heavy atom. The van der Waals surface area contributed by atoms with Gasteiger partial charge in [-0.25, -0.2) is 0 Å². The highest BCUT2D eigenvalue weighted by Crippen LogP contribution is 2.04. The number of rotatable bonds is 3. The van der Waals surface area contributed by atoms with Crippen LogP contribution in [-0.4, -0.2) is 16.0 Å². The van der Waals surface area contributed by atoms with Crippen LogP contribution in [0.5, 0.6) is 0 Å². The summed E-state index contributed by atoms with van der Waals surface area (Å²) in [5, 5.41) is 6.43. The molecule has 88 valence electrons. The molecule has 5 nitrogen and oxygen atoms in total. The van der Waals surface area contributed by atoms with Crippen molar-refractivity contribution in [1.82, 2.24) is 15.5 Å². The van der Waals surface area contributed by atoms with E-state index in [-0.39, 0.29) is 12.5 Å². The molecule has 0 fully saturated rings. The van der Waals surface area contributed by atoms with Gasteiger partial charge in [-0.05, 0) is 19.1 Å². The maximum atomic E-state index is 11.8. The van der Waals surface area contributed by atoms with Crippen LogP contribution >= 0.6 is 0 Å². The number of aryl methyl sites for hydroxylation is 2. The van der Waals surface area contributed by atoms with Crippen LogP contribution in [-0.2, 0) is 6.54 Å². The fourth-order valence-corrected chi connectivity index (χ4v) is 1.46. The average molecular weight is 231 g/mol. The number of nitrogens with one attached hydrogen (secondary N) is 1. The lowest BCUT2D eigenvalue weighted by atomic mass is 10.1. The Bertz CT molecular complexity index is 534. The quantitative estimate of drug-likeness (QED) is 0.871. The number of benzene rings is 1. The van der Waals surface area contributed by atoms with Gasteiger partial charge >= 0.3 is 0 Å². The lowest BCUT2D eigenvalue weighted by Gasteiger charge is -2.02. The van der Waals surface area contributed by atoms with E-state index in [0.29, 0.717) is 17.3 Å². The Kier molecular flexibility index (Phi) is 3.18. The van der Waals surface area contributed by atoms with Crippen molar-refractivity contribution in [2.24, 2.45) is 0 Å². The van der Waals surface area contributed by atoms with E-state index in [1.54, 1.807) is 13.0 Å². The highest BCUT2D eigenvalue weighted by Gasteiger charge is 2.07. The van der Waals surface area contributed by atoms with E-state index in [9.17, 15) is 4.79 Å². The molecule has 0 saturated carbocycles.